The van der Waals surface area contributed by atoms with Gasteiger partial charge in [0.2, 0.25) is 0 Å². The van der Waals surface area contributed by atoms with Crippen LogP contribution in [0, 0.1) is 3.57 Å². The first kappa shape index (κ1) is 11.4. The Labute approximate surface area is 111 Å². The van der Waals surface area contributed by atoms with Gasteiger partial charge in [0.15, 0.2) is 0 Å². The number of hydrogen-bond acceptors (Lipinski definition) is 2. The van der Waals surface area contributed by atoms with Crippen molar-refractivity contribution < 1.29 is 5.11 Å². The Kier molecular flexibility index (Phi) is 3.66. The van der Waals surface area contributed by atoms with Gasteiger partial charge in [0, 0.05) is 3.57 Å². The Bertz CT molecular complexity index is 469. The van der Waals surface area contributed by atoms with Crippen molar-refractivity contribution in [2.75, 3.05) is 0 Å². The summed E-state index contributed by atoms with van der Waals surface area (Å²) in [6.07, 6.45) is -0.618. The molecule has 2 rings (SSSR count). The lowest BCUT2D eigenvalue weighted by atomic mass is 10.1. The number of aliphatic hydroxyl groups excluding tert-OH is 1. The Morgan fingerprint density at radius 2 is 2.13 bits per heavy atom. The predicted molar refractivity (Wildman–Crippen MR) is 72.5 cm³/mol. The molecule has 1 nitrogen and oxygen atoms in total. The molecule has 4 heteroatoms. The van der Waals surface area contributed by atoms with E-state index >= 15 is 0 Å². The second kappa shape index (κ2) is 4.82. The summed E-state index contributed by atoms with van der Waals surface area (Å²) in [5.74, 6) is 0. The van der Waals surface area contributed by atoms with Crippen LogP contribution in [0.1, 0.15) is 16.5 Å². The summed E-state index contributed by atoms with van der Waals surface area (Å²) < 4.78 is 1.11. The molecule has 1 N–H and O–H groups in total. The fourth-order valence-electron chi connectivity index (χ4n) is 1.33. The van der Waals surface area contributed by atoms with Gasteiger partial charge >= 0.3 is 0 Å². The molecule has 0 amide bonds. The van der Waals surface area contributed by atoms with Crippen molar-refractivity contribution in [2.45, 2.75) is 6.10 Å². The summed E-state index contributed by atoms with van der Waals surface area (Å²) in [4.78, 5) is 0.804. The van der Waals surface area contributed by atoms with Gasteiger partial charge in [-0.15, -0.1) is 11.3 Å². The molecule has 2 aromatic rings. The van der Waals surface area contributed by atoms with E-state index in [1.54, 1.807) is 6.07 Å². The van der Waals surface area contributed by atoms with E-state index in [2.05, 4.69) is 22.6 Å². The van der Waals surface area contributed by atoms with Crippen molar-refractivity contribution >= 4 is 45.5 Å². The highest BCUT2D eigenvalue weighted by Gasteiger charge is 2.15. The van der Waals surface area contributed by atoms with Gasteiger partial charge in [-0.1, -0.05) is 23.7 Å². The maximum Gasteiger partial charge on any atom is 0.115 e. The first-order chi connectivity index (χ1) is 7.18. The molecule has 0 aliphatic carbocycles. The van der Waals surface area contributed by atoms with Crippen LogP contribution in [-0.2, 0) is 0 Å². The Hall–Kier alpha value is -0.100. The minimum atomic E-state index is -0.618. The SMILES string of the molecule is OC(c1cccc(I)c1)c1sccc1Cl. The number of benzene rings is 1. The Morgan fingerprint density at radius 1 is 1.33 bits per heavy atom. The molecular formula is C11H8ClIOS. The number of rotatable bonds is 2. The van der Waals surface area contributed by atoms with Gasteiger partial charge in [-0.05, 0) is 51.7 Å². The standard InChI is InChI=1S/C11H8ClIOS/c12-9-4-5-15-11(9)10(14)7-2-1-3-8(13)6-7/h1-6,10,14H. The molecular weight excluding hydrogens is 343 g/mol. The van der Waals surface area contributed by atoms with Crippen LogP contribution in [0.2, 0.25) is 5.02 Å². The molecule has 0 saturated heterocycles. The molecule has 0 fully saturated rings. The topological polar surface area (TPSA) is 20.2 Å². The molecule has 15 heavy (non-hydrogen) atoms. The zero-order valence-corrected chi connectivity index (χ0v) is 11.4. The monoisotopic (exact) mass is 350 g/mol. The average molecular weight is 351 g/mol. The number of thiophene rings is 1. The van der Waals surface area contributed by atoms with Crippen LogP contribution >= 0.6 is 45.5 Å². The van der Waals surface area contributed by atoms with E-state index in [1.165, 1.54) is 11.3 Å². The minimum absolute atomic E-state index is 0.618. The van der Waals surface area contributed by atoms with Gasteiger partial charge in [0.25, 0.3) is 0 Å². The quantitative estimate of drug-likeness (QED) is 0.809. The molecule has 0 saturated carbocycles. The molecule has 1 unspecified atom stereocenters. The van der Waals surface area contributed by atoms with Gasteiger partial charge in [0.05, 0.1) is 9.90 Å². The van der Waals surface area contributed by atoms with Crippen molar-refractivity contribution in [1.29, 1.82) is 0 Å². The Morgan fingerprint density at radius 3 is 2.73 bits per heavy atom. The van der Waals surface area contributed by atoms with Crippen LogP contribution in [0.4, 0.5) is 0 Å². The summed E-state index contributed by atoms with van der Waals surface area (Å²) in [6.45, 7) is 0. The van der Waals surface area contributed by atoms with Crippen molar-refractivity contribution in [3.8, 4) is 0 Å². The van der Waals surface area contributed by atoms with Crippen molar-refractivity contribution in [2.24, 2.45) is 0 Å². The molecule has 1 aromatic carbocycles. The zero-order chi connectivity index (χ0) is 10.8. The van der Waals surface area contributed by atoms with E-state index in [0.717, 1.165) is 14.0 Å². The van der Waals surface area contributed by atoms with Crippen LogP contribution in [0.3, 0.4) is 0 Å². The fraction of sp³-hybridized carbons (Fsp3) is 0.0909. The molecule has 0 aliphatic rings. The lowest BCUT2D eigenvalue weighted by Crippen LogP contribution is -1.97. The average Bonchev–Trinajstić information content (AvgIpc) is 2.63. The second-order valence-electron chi connectivity index (χ2n) is 3.09. The van der Waals surface area contributed by atoms with Crippen LogP contribution < -0.4 is 0 Å². The highest BCUT2D eigenvalue weighted by molar-refractivity contribution is 14.1. The van der Waals surface area contributed by atoms with Gasteiger partial charge in [-0.3, -0.25) is 0 Å². The van der Waals surface area contributed by atoms with Gasteiger partial charge in [0.1, 0.15) is 6.10 Å². The van der Waals surface area contributed by atoms with E-state index in [4.69, 9.17) is 11.6 Å². The maximum atomic E-state index is 10.1. The van der Waals surface area contributed by atoms with E-state index in [-0.39, 0.29) is 0 Å². The third kappa shape index (κ3) is 2.53. The van der Waals surface area contributed by atoms with Crippen molar-refractivity contribution in [1.82, 2.24) is 0 Å². The smallest absolute Gasteiger partial charge is 0.115 e. The summed E-state index contributed by atoms with van der Waals surface area (Å²) in [5, 5.41) is 12.6. The van der Waals surface area contributed by atoms with E-state index < -0.39 is 6.10 Å². The molecule has 78 valence electrons. The van der Waals surface area contributed by atoms with Crippen molar-refractivity contribution in [3.63, 3.8) is 0 Å². The molecule has 1 aromatic heterocycles. The summed E-state index contributed by atoms with van der Waals surface area (Å²) in [5.41, 5.74) is 0.881. The van der Waals surface area contributed by atoms with Gasteiger partial charge in [-0.25, -0.2) is 0 Å². The fourth-order valence-corrected chi connectivity index (χ4v) is 3.07. The second-order valence-corrected chi connectivity index (χ2v) is 5.69. The predicted octanol–water partition coefficient (Wildman–Crippen LogP) is 4.09. The van der Waals surface area contributed by atoms with Crippen LogP contribution in [-0.4, -0.2) is 5.11 Å². The first-order valence-corrected chi connectivity index (χ1v) is 6.68. The highest BCUT2D eigenvalue weighted by atomic mass is 127. The molecule has 1 heterocycles. The lowest BCUT2D eigenvalue weighted by Gasteiger charge is -2.09. The van der Waals surface area contributed by atoms with Crippen molar-refractivity contribution in [3.05, 3.63) is 54.7 Å². The number of aliphatic hydroxyl groups is 1. The highest BCUT2D eigenvalue weighted by Crippen LogP contribution is 2.32. The summed E-state index contributed by atoms with van der Waals surface area (Å²) in [6, 6.07) is 9.59. The molecule has 1 atom stereocenters. The first-order valence-electron chi connectivity index (χ1n) is 4.35. The third-order valence-electron chi connectivity index (χ3n) is 2.06. The minimum Gasteiger partial charge on any atom is -0.383 e. The van der Waals surface area contributed by atoms with Gasteiger partial charge in [-0.2, -0.15) is 0 Å². The van der Waals surface area contributed by atoms with Crippen LogP contribution in [0.15, 0.2) is 35.7 Å². The van der Waals surface area contributed by atoms with Gasteiger partial charge < -0.3 is 5.11 Å². The number of halogens is 2. The Balaban J connectivity index is 2.36. The van der Waals surface area contributed by atoms with E-state index in [1.807, 2.05) is 29.6 Å². The maximum absolute atomic E-state index is 10.1. The van der Waals surface area contributed by atoms with E-state index in [0.29, 0.717) is 5.02 Å². The summed E-state index contributed by atoms with van der Waals surface area (Å²) >= 11 is 9.67. The van der Waals surface area contributed by atoms with Crippen LogP contribution in [0.5, 0.6) is 0 Å². The zero-order valence-electron chi connectivity index (χ0n) is 7.65. The molecule has 0 bridgehead atoms. The van der Waals surface area contributed by atoms with Crippen LogP contribution in [0.25, 0.3) is 0 Å². The number of hydrogen-bond donors (Lipinski definition) is 1. The molecule has 0 spiro atoms. The van der Waals surface area contributed by atoms with E-state index in [9.17, 15) is 5.11 Å². The molecule has 0 radical (unpaired) electrons. The lowest BCUT2D eigenvalue weighted by molar-refractivity contribution is 0.224. The molecule has 0 aliphatic heterocycles. The third-order valence-corrected chi connectivity index (χ3v) is 4.14. The normalized spacial score (nSPS) is 12.7. The largest absolute Gasteiger partial charge is 0.383 e. The summed E-state index contributed by atoms with van der Waals surface area (Å²) in [7, 11) is 0.